The monoisotopic (exact) mass is 350 g/mol. The van der Waals surface area contributed by atoms with Crippen molar-refractivity contribution in [3.8, 4) is 0 Å². The number of hydrogen-bond acceptors (Lipinski definition) is 3. The minimum Gasteiger partial charge on any atom is -0.312 e. The lowest BCUT2D eigenvalue weighted by Crippen LogP contribution is -2.18. The molecule has 0 aliphatic rings. The van der Waals surface area contributed by atoms with Gasteiger partial charge >= 0.3 is 0 Å². The number of nitrogens with zero attached hydrogens (tertiary/aromatic N) is 1. The highest BCUT2D eigenvalue weighted by Gasteiger charge is 2.04. The minimum absolute atomic E-state index is 0.681. The van der Waals surface area contributed by atoms with Gasteiger partial charge in [0.15, 0.2) is 0 Å². The first-order valence-corrected chi connectivity index (χ1v) is 8.33. The average Bonchev–Trinajstić information content (AvgIpc) is 2.42. The van der Waals surface area contributed by atoms with Crippen LogP contribution in [0.4, 0.5) is 0 Å². The highest BCUT2D eigenvalue weighted by molar-refractivity contribution is 9.10. The Bertz CT molecular complexity index is 543. The van der Waals surface area contributed by atoms with Crippen molar-refractivity contribution < 1.29 is 0 Å². The molecule has 1 heterocycles. The number of hydrogen-bond donors (Lipinski definition) is 1. The van der Waals surface area contributed by atoms with E-state index in [2.05, 4.69) is 58.3 Å². The van der Waals surface area contributed by atoms with Crippen molar-refractivity contribution in [2.45, 2.75) is 30.2 Å². The third-order valence-electron chi connectivity index (χ3n) is 2.76. The van der Waals surface area contributed by atoms with Crippen LogP contribution in [0.15, 0.2) is 57.0 Å². The molecule has 20 heavy (non-hydrogen) atoms. The average molecular weight is 351 g/mol. The van der Waals surface area contributed by atoms with Crippen LogP contribution < -0.4 is 5.32 Å². The molecule has 0 saturated heterocycles. The first-order valence-electron chi connectivity index (χ1n) is 6.72. The Morgan fingerprint density at radius 3 is 2.60 bits per heavy atom. The largest absolute Gasteiger partial charge is 0.312 e. The summed E-state index contributed by atoms with van der Waals surface area (Å²) in [5.41, 5.74) is 1.30. The molecule has 0 spiro atoms. The van der Waals surface area contributed by atoms with Crippen LogP contribution in [0.1, 0.15) is 19.4 Å². The molecule has 0 radical (unpaired) electrons. The smallest absolute Gasteiger partial charge is 0.0318 e. The lowest BCUT2D eigenvalue weighted by atomic mass is 10.2. The first kappa shape index (κ1) is 15.5. The molecule has 0 amide bonds. The van der Waals surface area contributed by atoms with Crippen molar-refractivity contribution in [2.75, 3.05) is 6.54 Å². The zero-order valence-electron chi connectivity index (χ0n) is 11.8. The second-order valence-corrected chi connectivity index (χ2v) is 7.04. The quantitative estimate of drug-likeness (QED) is 0.814. The molecular formula is C16H19BrN2S. The number of benzene rings is 1. The van der Waals surface area contributed by atoms with Gasteiger partial charge in [-0.2, -0.15) is 0 Å². The Kier molecular flexibility index (Phi) is 6.07. The van der Waals surface area contributed by atoms with Gasteiger partial charge in [0.05, 0.1) is 0 Å². The lowest BCUT2D eigenvalue weighted by molar-refractivity contribution is 0.552. The summed E-state index contributed by atoms with van der Waals surface area (Å²) in [5.74, 6) is 0.681. The van der Waals surface area contributed by atoms with Gasteiger partial charge in [0.25, 0.3) is 0 Å². The minimum atomic E-state index is 0.681. The van der Waals surface area contributed by atoms with Crippen LogP contribution in [0.25, 0.3) is 0 Å². The summed E-state index contributed by atoms with van der Waals surface area (Å²) in [5, 5.41) is 3.46. The molecular weight excluding hydrogens is 332 g/mol. The number of aromatic nitrogens is 1. The molecule has 4 heteroatoms. The van der Waals surface area contributed by atoms with Gasteiger partial charge in [-0.3, -0.25) is 4.98 Å². The summed E-state index contributed by atoms with van der Waals surface area (Å²) in [6.07, 6.45) is 3.64. The van der Waals surface area contributed by atoms with E-state index in [1.807, 2.05) is 24.5 Å². The fraction of sp³-hybridized carbons (Fsp3) is 0.312. The molecule has 0 unspecified atom stereocenters. The Hall–Kier alpha value is -0.840. The van der Waals surface area contributed by atoms with Crippen LogP contribution in [-0.2, 0) is 6.54 Å². The van der Waals surface area contributed by atoms with E-state index in [1.54, 1.807) is 11.8 Å². The highest BCUT2D eigenvalue weighted by atomic mass is 79.9. The standard InChI is InChI=1S/C16H19BrN2S/c1-12(2)10-19-11-13-3-4-16(15(17)9-13)20-14-5-7-18-8-6-14/h3-9,12,19H,10-11H2,1-2H3. The Morgan fingerprint density at radius 2 is 1.95 bits per heavy atom. The summed E-state index contributed by atoms with van der Waals surface area (Å²) < 4.78 is 1.14. The van der Waals surface area contributed by atoms with Gasteiger partial charge in [-0.25, -0.2) is 0 Å². The third-order valence-corrected chi connectivity index (χ3v) is 4.76. The van der Waals surface area contributed by atoms with E-state index in [1.165, 1.54) is 15.4 Å². The SMILES string of the molecule is CC(C)CNCc1ccc(Sc2ccncc2)c(Br)c1. The lowest BCUT2D eigenvalue weighted by Gasteiger charge is -2.10. The summed E-state index contributed by atoms with van der Waals surface area (Å²) in [6, 6.07) is 10.6. The molecule has 1 aromatic carbocycles. The van der Waals surface area contributed by atoms with Crippen molar-refractivity contribution in [3.05, 3.63) is 52.8 Å². The molecule has 106 valence electrons. The zero-order chi connectivity index (χ0) is 14.4. The predicted octanol–water partition coefficient (Wildman–Crippen LogP) is 4.74. The highest BCUT2D eigenvalue weighted by Crippen LogP contribution is 2.33. The second kappa shape index (κ2) is 7.81. The summed E-state index contributed by atoms with van der Waals surface area (Å²) in [7, 11) is 0. The van der Waals surface area contributed by atoms with Gasteiger partial charge in [0.1, 0.15) is 0 Å². The number of rotatable bonds is 6. The summed E-state index contributed by atoms with van der Waals surface area (Å²) in [4.78, 5) is 6.46. The van der Waals surface area contributed by atoms with Gasteiger partial charge in [0.2, 0.25) is 0 Å². The van der Waals surface area contributed by atoms with Crippen molar-refractivity contribution in [3.63, 3.8) is 0 Å². The van der Waals surface area contributed by atoms with E-state index in [9.17, 15) is 0 Å². The van der Waals surface area contributed by atoms with Crippen LogP contribution >= 0.6 is 27.7 Å². The fourth-order valence-corrected chi connectivity index (χ4v) is 3.25. The molecule has 0 aliphatic carbocycles. The van der Waals surface area contributed by atoms with Crippen LogP contribution in [0, 0.1) is 5.92 Å². The van der Waals surface area contributed by atoms with Crippen LogP contribution in [0.5, 0.6) is 0 Å². The van der Waals surface area contributed by atoms with E-state index < -0.39 is 0 Å². The molecule has 2 aromatic rings. The number of nitrogens with one attached hydrogen (secondary N) is 1. The maximum absolute atomic E-state index is 4.04. The molecule has 0 bridgehead atoms. The van der Waals surface area contributed by atoms with Crippen molar-refractivity contribution in [1.82, 2.24) is 10.3 Å². The molecule has 2 nitrogen and oxygen atoms in total. The van der Waals surface area contributed by atoms with Gasteiger partial charge < -0.3 is 5.32 Å². The maximum Gasteiger partial charge on any atom is 0.0318 e. The van der Waals surface area contributed by atoms with Crippen LogP contribution in [-0.4, -0.2) is 11.5 Å². The molecule has 0 fully saturated rings. The van der Waals surface area contributed by atoms with Crippen LogP contribution in [0.3, 0.4) is 0 Å². The first-order chi connectivity index (χ1) is 9.65. The normalized spacial score (nSPS) is 11.0. The molecule has 1 aromatic heterocycles. The molecule has 1 N–H and O–H groups in total. The Labute approximate surface area is 133 Å². The van der Waals surface area contributed by atoms with Gasteiger partial charge in [-0.15, -0.1) is 0 Å². The molecule has 2 rings (SSSR count). The predicted molar refractivity (Wildman–Crippen MR) is 89.0 cm³/mol. The maximum atomic E-state index is 4.04. The third kappa shape index (κ3) is 4.93. The number of halogens is 1. The van der Waals surface area contributed by atoms with Gasteiger partial charge in [-0.1, -0.05) is 31.7 Å². The van der Waals surface area contributed by atoms with Gasteiger partial charge in [-0.05, 0) is 58.2 Å². The van der Waals surface area contributed by atoms with E-state index in [0.29, 0.717) is 5.92 Å². The molecule has 0 aliphatic heterocycles. The van der Waals surface area contributed by atoms with E-state index in [4.69, 9.17) is 0 Å². The van der Waals surface area contributed by atoms with Crippen molar-refractivity contribution in [2.24, 2.45) is 5.92 Å². The molecule has 0 saturated carbocycles. The van der Waals surface area contributed by atoms with E-state index in [-0.39, 0.29) is 0 Å². The molecule has 0 atom stereocenters. The zero-order valence-corrected chi connectivity index (χ0v) is 14.2. The fourth-order valence-electron chi connectivity index (χ4n) is 1.78. The van der Waals surface area contributed by atoms with Gasteiger partial charge in [0, 0.05) is 33.2 Å². The summed E-state index contributed by atoms with van der Waals surface area (Å²) >= 11 is 5.41. The Morgan fingerprint density at radius 1 is 1.20 bits per heavy atom. The Balaban J connectivity index is 1.99. The summed E-state index contributed by atoms with van der Waals surface area (Å²) in [6.45, 7) is 6.40. The van der Waals surface area contributed by atoms with E-state index >= 15 is 0 Å². The van der Waals surface area contributed by atoms with Crippen molar-refractivity contribution >= 4 is 27.7 Å². The second-order valence-electron chi connectivity index (χ2n) is 5.07. The number of pyridine rings is 1. The van der Waals surface area contributed by atoms with Crippen LogP contribution in [0.2, 0.25) is 0 Å². The van der Waals surface area contributed by atoms with Crippen molar-refractivity contribution in [1.29, 1.82) is 0 Å². The topological polar surface area (TPSA) is 24.9 Å². The van der Waals surface area contributed by atoms with E-state index in [0.717, 1.165) is 17.6 Å².